The van der Waals surface area contributed by atoms with Crippen LogP contribution in [0.25, 0.3) is 11.1 Å². The maximum absolute atomic E-state index is 12.4. The number of nitrogens with one attached hydrogen (secondary N) is 1. The van der Waals surface area contributed by atoms with Gasteiger partial charge in [0.1, 0.15) is 12.4 Å². The number of hydrogen-bond donors (Lipinski definition) is 1. The van der Waals surface area contributed by atoms with E-state index in [9.17, 15) is 9.59 Å². The van der Waals surface area contributed by atoms with Crippen LogP contribution in [0.3, 0.4) is 0 Å². The fraction of sp³-hybridized carbons (Fsp3) is 0.130. The van der Waals surface area contributed by atoms with Crippen molar-refractivity contribution in [3.63, 3.8) is 0 Å². The lowest BCUT2D eigenvalue weighted by Crippen LogP contribution is -2.32. The molecule has 0 spiro atoms. The molecular weight excluding hydrogens is 354 g/mol. The summed E-state index contributed by atoms with van der Waals surface area (Å²) in [6, 6.07) is 26.1. The van der Waals surface area contributed by atoms with Crippen molar-refractivity contribution in [2.24, 2.45) is 0 Å². The molecule has 0 fully saturated rings. The second kappa shape index (κ2) is 9.92. The lowest BCUT2D eigenvalue weighted by molar-refractivity contribution is -0.124. The van der Waals surface area contributed by atoms with Gasteiger partial charge in [0.2, 0.25) is 0 Å². The van der Waals surface area contributed by atoms with E-state index in [4.69, 9.17) is 9.47 Å². The number of carbonyl (C=O) groups excluding carboxylic acids is 2. The summed E-state index contributed by atoms with van der Waals surface area (Å²) in [7, 11) is 0. The van der Waals surface area contributed by atoms with Gasteiger partial charge in [-0.25, -0.2) is 4.79 Å². The molecule has 0 heterocycles. The molecule has 1 N–H and O–H groups in total. The van der Waals surface area contributed by atoms with Gasteiger partial charge in [-0.15, -0.1) is 0 Å². The monoisotopic (exact) mass is 375 g/mol. The summed E-state index contributed by atoms with van der Waals surface area (Å²) >= 11 is 0. The van der Waals surface area contributed by atoms with E-state index < -0.39 is 5.97 Å². The van der Waals surface area contributed by atoms with E-state index in [1.807, 2.05) is 72.8 Å². The van der Waals surface area contributed by atoms with Crippen LogP contribution in [0.1, 0.15) is 10.4 Å². The van der Waals surface area contributed by atoms with Gasteiger partial charge < -0.3 is 14.8 Å². The first-order valence-corrected chi connectivity index (χ1v) is 9.00. The molecule has 0 saturated carbocycles. The average molecular weight is 375 g/mol. The Morgan fingerprint density at radius 1 is 0.786 bits per heavy atom. The third kappa shape index (κ3) is 5.45. The molecule has 3 aromatic carbocycles. The Balaban J connectivity index is 1.47. The van der Waals surface area contributed by atoms with Gasteiger partial charge in [0.05, 0.1) is 12.1 Å². The minimum Gasteiger partial charge on any atom is -0.492 e. The molecular formula is C23H21NO4. The Bertz CT molecular complexity index is 910. The van der Waals surface area contributed by atoms with Crippen molar-refractivity contribution in [3.05, 3.63) is 90.5 Å². The van der Waals surface area contributed by atoms with Gasteiger partial charge in [-0.05, 0) is 29.3 Å². The molecule has 0 atom stereocenters. The van der Waals surface area contributed by atoms with E-state index in [0.29, 0.717) is 18.7 Å². The summed E-state index contributed by atoms with van der Waals surface area (Å²) in [5, 5.41) is 2.66. The van der Waals surface area contributed by atoms with Gasteiger partial charge in [-0.2, -0.15) is 0 Å². The van der Waals surface area contributed by atoms with Crippen LogP contribution >= 0.6 is 0 Å². The normalized spacial score (nSPS) is 10.1. The Kier molecular flexibility index (Phi) is 6.79. The van der Waals surface area contributed by atoms with Crippen molar-refractivity contribution in [1.29, 1.82) is 0 Å². The topological polar surface area (TPSA) is 64.6 Å². The third-order valence-electron chi connectivity index (χ3n) is 4.00. The number of hydrogen-bond acceptors (Lipinski definition) is 4. The van der Waals surface area contributed by atoms with E-state index >= 15 is 0 Å². The maximum Gasteiger partial charge on any atom is 0.339 e. The SMILES string of the molecule is O=C(COC(=O)c1ccccc1-c1ccccc1)NCCOc1ccccc1. The zero-order chi connectivity index (χ0) is 19.6. The van der Waals surface area contributed by atoms with E-state index in [2.05, 4.69) is 5.32 Å². The number of rotatable bonds is 8. The summed E-state index contributed by atoms with van der Waals surface area (Å²) in [5.41, 5.74) is 2.11. The molecule has 5 nitrogen and oxygen atoms in total. The molecule has 3 rings (SSSR count). The van der Waals surface area contributed by atoms with Gasteiger partial charge in [-0.1, -0.05) is 66.7 Å². The zero-order valence-electron chi connectivity index (χ0n) is 15.3. The second-order valence-corrected chi connectivity index (χ2v) is 6.00. The predicted octanol–water partition coefficient (Wildman–Crippen LogP) is 3.71. The Morgan fingerprint density at radius 2 is 1.43 bits per heavy atom. The average Bonchev–Trinajstić information content (AvgIpc) is 2.76. The summed E-state index contributed by atoms with van der Waals surface area (Å²) in [6.07, 6.45) is 0. The first-order valence-electron chi connectivity index (χ1n) is 9.00. The minimum atomic E-state index is -0.532. The van der Waals surface area contributed by atoms with Crippen molar-refractivity contribution >= 4 is 11.9 Å². The van der Waals surface area contributed by atoms with Gasteiger partial charge in [0.15, 0.2) is 6.61 Å². The highest BCUT2D eigenvalue weighted by atomic mass is 16.5. The first-order chi connectivity index (χ1) is 13.7. The molecule has 0 unspecified atom stereocenters. The summed E-state index contributed by atoms with van der Waals surface area (Å²) in [6.45, 7) is 0.319. The standard InChI is InChI=1S/C23H21NO4/c25-22(24-15-16-27-19-11-5-2-6-12-19)17-28-23(26)21-14-8-7-13-20(21)18-9-3-1-4-10-18/h1-14H,15-17H2,(H,24,25). The van der Waals surface area contributed by atoms with Crippen LogP contribution in [-0.4, -0.2) is 31.6 Å². The van der Waals surface area contributed by atoms with Crippen LogP contribution in [-0.2, 0) is 9.53 Å². The Morgan fingerprint density at radius 3 is 2.18 bits per heavy atom. The van der Waals surface area contributed by atoms with Crippen LogP contribution in [0.4, 0.5) is 0 Å². The lowest BCUT2D eigenvalue weighted by Gasteiger charge is -2.10. The molecule has 3 aromatic rings. The van der Waals surface area contributed by atoms with Crippen LogP contribution < -0.4 is 10.1 Å². The molecule has 5 heteroatoms. The van der Waals surface area contributed by atoms with Gasteiger partial charge in [-0.3, -0.25) is 4.79 Å². The highest BCUT2D eigenvalue weighted by Crippen LogP contribution is 2.23. The number of esters is 1. The van der Waals surface area contributed by atoms with E-state index in [1.165, 1.54) is 0 Å². The number of benzene rings is 3. The number of amides is 1. The number of carbonyl (C=O) groups is 2. The second-order valence-electron chi connectivity index (χ2n) is 6.00. The lowest BCUT2D eigenvalue weighted by atomic mass is 10.00. The predicted molar refractivity (Wildman–Crippen MR) is 107 cm³/mol. The smallest absolute Gasteiger partial charge is 0.339 e. The van der Waals surface area contributed by atoms with Crippen LogP contribution in [0.2, 0.25) is 0 Å². The Hall–Kier alpha value is -3.60. The largest absolute Gasteiger partial charge is 0.492 e. The van der Waals surface area contributed by atoms with E-state index in [-0.39, 0.29) is 12.5 Å². The fourth-order valence-corrected chi connectivity index (χ4v) is 2.67. The molecule has 1 amide bonds. The highest BCUT2D eigenvalue weighted by molar-refractivity contribution is 5.98. The molecule has 0 aromatic heterocycles. The Labute approximate surface area is 163 Å². The van der Waals surface area contributed by atoms with Gasteiger partial charge >= 0.3 is 5.97 Å². The molecule has 28 heavy (non-hydrogen) atoms. The highest BCUT2D eigenvalue weighted by Gasteiger charge is 2.15. The summed E-state index contributed by atoms with van der Waals surface area (Å²) in [4.78, 5) is 24.3. The van der Waals surface area contributed by atoms with Crippen molar-refractivity contribution in [2.45, 2.75) is 0 Å². The zero-order valence-corrected chi connectivity index (χ0v) is 15.3. The van der Waals surface area contributed by atoms with Crippen LogP contribution in [0.15, 0.2) is 84.9 Å². The molecule has 0 saturated heterocycles. The third-order valence-corrected chi connectivity index (χ3v) is 4.00. The molecule has 0 aliphatic rings. The minimum absolute atomic E-state index is 0.325. The fourth-order valence-electron chi connectivity index (χ4n) is 2.67. The molecule has 0 aliphatic carbocycles. The van der Waals surface area contributed by atoms with Gasteiger partial charge in [0.25, 0.3) is 5.91 Å². The van der Waals surface area contributed by atoms with Crippen molar-refractivity contribution < 1.29 is 19.1 Å². The van der Waals surface area contributed by atoms with Crippen LogP contribution in [0, 0.1) is 0 Å². The summed E-state index contributed by atoms with van der Waals surface area (Å²) in [5.74, 6) is -0.168. The van der Waals surface area contributed by atoms with Crippen LogP contribution in [0.5, 0.6) is 5.75 Å². The maximum atomic E-state index is 12.4. The molecule has 0 aliphatic heterocycles. The van der Waals surface area contributed by atoms with Crippen molar-refractivity contribution in [2.75, 3.05) is 19.8 Å². The quantitative estimate of drug-likeness (QED) is 0.482. The number of para-hydroxylation sites is 1. The summed E-state index contributed by atoms with van der Waals surface area (Å²) < 4.78 is 10.7. The van der Waals surface area contributed by atoms with Crippen molar-refractivity contribution in [3.8, 4) is 16.9 Å². The molecule has 0 bridgehead atoms. The van der Waals surface area contributed by atoms with E-state index in [1.54, 1.807) is 12.1 Å². The van der Waals surface area contributed by atoms with Crippen molar-refractivity contribution in [1.82, 2.24) is 5.32 Å². The first kappa shape index (κ1) is 19.2. The molecule has 142 valence electrons. The number of ether oxygens (including phenoxy) is 2. The van der Waals surface area contributed by atoms with E-state index in [0.717, 1.165) is 16.9 Å². The van der Waals surface area contributed by atoms with Gasteiger partial charge in [0, 0.05) is 0 Å². The molecule has 0 radical (unpaired) electrons.